The Balaban J connectivity index is 1.57. The van der Waals surface area contributed by atoms with Gasteiger partial charge in [-0.1, -0.05) is 24.3 Å². The van der Waals surface area contributed by atoms with Crippen LogP contribution in [0.2, 0.25) is 0 Å². The predicted molar refractivity (Wildman–Crippen MR) is 82.4 cm³/mol. The van der Waals surface area contributed by atoms with E-state index >= 15 is 0 Å². The van der Waals surface area contributed by atoms with E-state index in [-0.39, 0.29) is 6.04 Å². The summed E-state index contributed by atoms with van der Waals surface area (Å²) in [6.07, 6.45) is 3.26. The van der Waals surface area contributed by atoms with Crippen molar-refractivity contribution in [2.75, 3.05) is 11.4 Å². The Morgan fingerprint density at radius 1 is 1.33 bits per heavy atom. The van der Waals surface area contributed by atoms with Crippen molar-refractivity contribution in [1.29, 1.82) is 0 Å². The molecule has 1 aromatic carbocycles. The first-order chi connectivity index (χ1) is 10.2. The molecule has 0 amide bonds. The Hall–Kier alpha value is -1.88. The fourth-order valence-corrected chi connectivity index (χ4v) is 3.51. The third kappa shape index (κ3) is 2.03. The lowest BCUT2D eigenvalue weighted by atomic mass is 9.77. The zero-order chi connectivity index (χ0) is 14.4. The minimum Gasteiger partial charge on any atom is -0.335 e. The first kappa shape index (κ1) is 12.8. The van der Waals surface area contributed by atoms with E-state index in [1.54, 1.807) is 0 Å². The quantitative estimate of drug-likeness (QED) is 0.882. The molecule has 5 heteroatoms. The van der Waals surface area contributed by atoms with Crippen molar-refractivity contribution in [3.05, 3.63) is 41.2 Å². The van der Waals surface area contributed by atoms with Crippen molar-refractivity contribution < 1.29 is 0 Å². The molecule has 0 bridgehead atoms. The summed E-state index contributed by atoms with van der Waals surface area (Å²) in [4.78, 5) is 6.98. The molecule has 3 atom stereocenters. The molecule has 0 spiro atoms. The maximum atomic E-state index is 6.17. The fourth-order valence-electron chi connectivity index (χ4n) is 3.51. The van der Waals surface area contributed by atoms with Crippen LogP contribution < -0.4 is 10.6 Å². The Morgan fingerprint density at radius 2 is 2.19 bits per heavy atom. The molecule has 2 aromatic rings. The number of aromatic nitrogens is 3. The molecule has 1 aliphatic heterocycles. The molecule has 3 N–H and O–H groups in total. The minimum atomic E-state index is 0.213. The zero-order valence-electron chi connectivity index (χ0n) is 12.3. The van der Waals surface area contributed by atoms with E-state index in [2.05, 4.69) is 46.3 Å². The van der Waals surface area contributed by atoms with Gasteiger partial charge in [-0.15, -0.1) is 5.10 Å². The van der Waals surface area contributed by atoms with Crippen LogP contribution in [-0.2, 0) is 6.42 Å². The van der Waals surface area contributed by atoms with Gasteiger partial charge in [0.2, 0.25) is 5.95 Å². The van der Waals surface area contributed by atoms with Crippen molar-refractivity contribution in [3.63, 3.8) is 0 Å². The lowest BCUT2D eigenvalue weighted by Crippen LogP contribution is -2.51. The van der Waals surface area contributed by atoms with Gasteiger partial charge in [0.15, 0.2) is 0 Å². The highest BCUT2D eigenvalue weighted by molar-refractivity contribution is 5.45. The van der Waals surface area contributed by atoms with Crippen LogP contribution in [0.25, 0.3) is 0 Å². The Labute approximate surface area is 124 Å². The molecule has 1 fully saturated rings. The monoisotopic (exact) mass is 283 g/mol. The number of aromatic amines is 1. The molecule has 21 heavy (non-hydrogen) atoms. The Bertz CT molecular complexity index is 650. The molecule has 1 aromatic heterocycles. The van der Waals surface area contributed by atoms with E-state index in [1.807, 2.05) is 0 Å². The molecule has 5 nitrogen and oxygen atoms in total. The highest BCUT2D eigenvalue weighted by atomic mass is 15.4. The Morgan fingerprint density at radius 3 is 3.05 bits per heavy atom. The summed E-state index contributed by atoms with van der Waals surface area (Å²) in [5.41, 5.74) is 8.97. The molecular weight excluding hydrogens is 262 g/mol. The van der Waals surface area contributed by atoms with Gasteiger partial charge in [-0.25, -0.2) is 0 Å². The maximum absolute atomic E-state index is 6.17. The van der Waals surface area contributed by atoms with Crippen LogP contribution in [0.5, 0.6) is 0 Å². The molecule has 110 valence electrons. The number of nitrogens with two attached hydrogens (primary N) is 1. The summed E-state index contributed by atoms with van der Waals surface area (Å²) in [5, 5.41) is 7.57. The summed E-state index contributed by atoms with van der Waals surface area (Å²) in [7, 11) is 0. The topological polar surface area (TPSA) is 70.8 Å². The van der Waals surface area contributed by atoms with Crippen LogP contribution in [0.15, 0.2) is 24.3 Å². The summed E-state index contributed by atoms with van der Waals surface area (Å²) in [5.74, 6) is 2.16. The lowest BCUT2D eigenvalue weighted by molar-refractivity contribution is 0.415. The van der Waals surface area contributed by atoms with Crippen molar-refractivity contribution in [2.45, 2.75) is 44.2 Å². The van der Waals surface area contributed by atoms with Gasteiger partial charge in [0.05, 0.1) is 0 Å². The zero-order valence-corrected chi connectivity index (χ0v) is 12.3. The van der Waals surface area contributed by atoms with Gasteiger partial charge in [0.25, 0.3) is 0 Å². The first-order valence-corrected chi connectivity index (χ1v) is 7.76. The summed E-state index contributed by atoms with van der Waals surface area (Å²) >= 11 is 0. The number of hydrogen-bond donors (Lipinski definition) is 2. The van der Waals surface area contributed by atoms with E-state index in [1.165, 1.54) is 11.1 Å². The average Bonchev–Trinajstić information content (AvgIpc) is 2.92. The second-order valence-corrected chi connectivity index (χ2v) is 6.22. The fraction of sp³-hybridized carbons (Fsp3) is 0.500. The van der Waals surface area contributed by atoms with E-state index in [0.29, 0.717) is 12.0 Å². The lowest BCUT2D eigenvalue weighted by Gasteiger charge is -2.36. The molecule has 0 saturated carbocycles. The molecule has 0 radical (unpaired) electrons. The molecule has 2 heterocycles. The highest BCUT2D eigenvalue weighted by Gasteiger charge is 2.32. The summed E-state index contributed by atoms with van der Waals surface area (Å²) in [6, 6.07) is 9.08. The van der Waals surface area contributed by atoms with Crippen molar-refractivity contribution >= 4 is 5.95 Å². The van der Waals surface area contributed by atoms with E-state index in [9.17, 15) is 0 Å². The van der Waals surface area contributed by atoms with E-state index in [4.69, 9.17) is 10.7 Å². The maximum Gasteiger partial charge on any atom is 0.245 e. The third-order valence-electron chi connectivity index (χ3n) is 4.98. The molecule has 4 rings (SSSR count). The predicted octanol–water partition coefficient (Wildman–Crippen LogP) is 1.81. The smallest absolute Gasteiger partial charge is 0.245 e. The van der Waals surface area contributed by atoms with Crippen LogP contribution in [0.3, 0.4) is 0 Å². The van der Waals surface area contributed by atoms with Gasteiger partial charge in [-0.2, -0.15) is 4.98 Å². The molecule has 3 unspecified atom stereocenters. The molecule has 1 aliphatic carbocycles. The van der Waals surface area contributed by atoms with Gasteiger partial charge in [-0.3, -0.25) is 5.10 Å². The molecule has 2 aliphatic rings. The standard InChI is InChI=1S/C16H21N5/c1-10-14(17)7-4-8-21(10)16-18-15(19-20-16)13-9-11-5-2-3-6-12(11)13/h2-3,5-6,10,13-14H,4,7-9,17H2,1H3,(H,18,19,20). The van der Waals surface area contributed by atoms with Crippen molar-refractivity contribution in [1.82, 2.24) is 15.2 Å². The van der Waals surface area contributed by atoms with Gasteiger partial charge >= 0.3 is 0 Å². The number of anilines is 1. The number of nitrogens with zero attached hydrogens (tertiary/aromatic N) is 3. The minimum absolute atomic E-state index is 0.213. The van der Waals surface area contributed by atoms with Crippen LogP contribution >= 0.6 is 0 Å². The van der Waals surface area contributed by atoms with Crippen LogP contribution in [0, 0.1) is 0 Å². The third-order valence-corrected chi connectivity index (χ3v) is 4.98. The first-order valence-electron chi connectivity index (χ1n) is 7.76. The molecule has 1 saturated heterocycles. The number of fused-ring (bicyclic) bond motifs is 1. The highest BCUT2D eigenvalue weighted by Crippen LogP contribution is 2.38. The van der Waals surface area contributed by atoms with Crippen molar-refractivity contribution in [3.8, 4) is 0 Å². The van der Waals surface area contributed by atoms with Crippen LogP contribution in [0.4, 0.5) is 5.95 Å². The largest absolute Gasteiger partial charge is 0.335 e. The number of benzene rings is 1. The van der Waals surface area contributed by atoms with Gasteiger partial charge in [0.1, 0.15) is 5.82 Å². The number of piperidine rings is 1. The Kier molecular flexibility index (Phi) is 2.96. The number of rotatable bonds is 2. The van der Waals surface area contributed by atoms with Crippen LogP contribution in [-0.4, -0.2) is 33.8 Å². The normalized spacial score (nSPS) is 28.1. The summed E-state index contributed by atoms with van der Waals surface area (Å²) in [6.45, 7) is 3.16. The number of hydrogen-bond acceptors (Lipinski definition) is 4. The summed E-state index contributed by atoms with van der Waals surface area (Å²) < 4.78 is 0. The van der Waals surface area contributed by atoms with Crippen molar-refractivity contribution in [2.24, 2.45) is 5.73 Å². The average molecular weight is 283 g/mol. The number of H-pyrrole nitrogens is 1. The van der Waals surface area contributed by atoms with E-state index in [0.717, 1.165) is 37.6 Å². The second kappa shape index (κ2) is 4.84. The molecular formula is C16H21N5. The van der Waals surface area contributed by atoms with Crippen LogP contribution in [0.1, 0.15) is 42.6 Å². The van der Waals surface area contributed by atoms with Gasteiger partial charge in [0, 0.05) is 24.5 Å². The van der Waals surface area contributed by atoms with Gasteiger partial charge in [-0.05, 0) is 37.3 Å². The van der Waals surface area contributed by atoms with E-state index < -0.39 is 0 Å². The number of nitrogens with one attached hydrogen (secondary N) is 1. The van der Waals surface area contributed by atoms with Gasteiger partial charge < -0.3 is 10.6 Å². The SMILES string of the molecule is CC1C(N)CCCN1c1n[nH]c(C2Cc3ccccc32)n1. The second-order valence-electron chi connectivity index (χ2n) is 6.22.